The molecule has 98 valence electrons. The third kappa shape index (κ3) is 3.73. The minimum Gasteiger partial charge on any atom is -0.481 e. The average Bonchev–Trinajstić information content (AvgIpc) is 2.28. The number of amides is 1. The molecular formula is C12H16N2O4. The first-order valence-corrected chi connectivity index (χ1v) is 5.62. The van der Waals surface area contributed by atoms with Gasteiger partial charge in [0.15, 0.2) is 0 Å². The number of aromatic amines is 1. The maximum Gasteiger partial charge on any atom is 0.308 e. The van der Waals surface area contributed by atoms with Crippen molar-refractivity contribution in [3.8, 4) is 0 Å². The molecule has 0 fully saturated rings. The third-order valence-electron chi connectivity index (χ3n) is 2.62. The van der Waals surface area contributed by atoms with Gasteiger partial charge in [0.25, 0.3) is 5.91 Å². The fraction of sp³-hybridized carbons (Fsp3) is 0.417. The summed E-state index contributed by atoms with van der Waals surface area (Å²) in [5, 5.41) is 11.5. The molecule has 0 aliphatic heterocycles. The van der Waals surface area contributed by atoms with Gasteiger partial charge in [-0.1, -0.05) is 19.9 Å². The molecule has 1 unspecified atom stereocenters. The number of pyridine rings is 1. The van der Waals surface area contributed by atoms with Gasteiger partial charge in [-0.05, 0) is 12.0 Å². The molecule has 0 aliphatic rings. The zero-order valence-corrected chi connectivity index (χ0v) is 10.3. The Labute approximate surface area is 104 Å². The van der Waals surface area contributed by atoms with Crippen molar-refractivity contribution in [2.24, 2.45) is 11.8 Å². The Morgan fingerprint density at radius 1 is 1.39 bits per heavy atom. The van der Waals surface area contributed by atoms with Gasteiger partial charge in [0.2, 0.25) is 5.56 Å². The van der Waals surface area contributed by atoms with E-state index in [1.54, 1.807) is 13.8 Å². The standard InChI is InChI=1S/C12H16N2O4/c1-7(2)8(12(17)18)6-13-11(16)9-4-3-5-10(15)14-9/h3-5,7-8H,6H2,1-2H3,(H,13,16)(H,14,15)(H,17,18). The Balaban J connectivity index is 2.66. The second kappa shape index (κ2) is 6.00. The van der Waals surface area contributed by atoms with Gasteiger partial charge in [0, 0.05) is 12.6 Å². The monoisotopic (exact) mass is 252 g/mol. The van der Waals surface area contributed by atoms with Crippen LogP contribution in [0.3, 0.4) is 0 Å². The van der Waals surface area contributed by atoms with Crippen LogP contribution in [0.2, 0.25) is 0 Å². The summed E-state index contributed by atoms with van der Waals surface area (Å²) in [4.78, 5) is 36.0. The van der Waals surface area contributed by atoms with E-state index in [1.165, 1.54) is 18.2 Å². The SMILES string of the molecule is CC(C)C(CNC(=O)c1cccc(=O)[nH]1)C(=O)O. The molecule has 0 spiro atoms. The topological polar surface area (TPSA) is 99.3 Å². The van der Waals surface area contributed by atoms with E-state index in [-0.39, 0.29) is 23.7 Å². The Morgan fingerprint density at radius 2 is 2.06 bits per heavy atom. The van der Waals surface area contributed by atoms with Crippen molar-refractivity contribution in [2.75, 3.05) is 6.54 Å². The van der Waals surface area contributed by atoms with Gasteiger partial charge in [-0.25, -0.2) is 0 Å². The van der Waals surface area contributed by atoms with E-state index >= 15 is 0 Å². The predicted molar refractivity (Wildman–Crippen MR) is 65.4 cm³/mol. The van der Waals surface area contributed by atoms with E-state index in [4.69, 9.17) is 5.11 Å². The lowest BCUT2D eigenvalue weighted by atomic mass is 9.96. The zero-order valence-electron chi connectivity index (χ0n) is 10.3. The number of hydrogen-bond acceptors (Lipinski definition) is 3. The Bertz CT molecular complexity index is 493. The fourth-order valence-electron chi connectivity index (χ4n) is 1.49. The van der Waals surface area contributed by atoms with E-state index in [0.29, 0.717) is 0 Å². The number of carboxylic acids is 1. The fourth-order valence-corrected chi connectivity index (χ4v) is 1.49. The van der Waals surface area contributed by atoms with Crippen LogP contribution in [-0.2, 0) is 4.79 Å². The highest BCUT2D eigenvalue weighted by Gasteiger charge is 2.22. The first-order valence-electron chi connectivity index (χ1n) is 5.62. The van der Waals surface area contributed by atoms with Crippen molar-refractivity contribution in [1.29, 1.82) is 0 Å². The smallest absolute Gasteiger partial charge is 0.308 e. The van der Waals surface area contributed by atoms with E-state index in [0.717, 1.165) is 0 Å². The number of carbonyl (C=O) groups excluding carboxylic acids is 1. The molecule has 0 saturated carbocycles. The minimum atomic E-state index is -0.952. The molecular weight excluding hydrogens is 236 g/mol. The predicted octanol–water partition coefficient (Wildman–Crippen LogP) is 0.461. The number of hydrogen-bond donors (Lipinski definition) is 3. The summed E-state index contributed by atoms with van der Waals surface area (Å²) in [6, 6.07) is 4.22. The average molecular weight is 252 g/mol. The summed E-state index contributed by atoms with van der Waals surface area (Å²) in [5.74, 6) is -2.17. The molecule has 1 atom stereocenters. The van der Waals surface area contributed by atoms with Crippen molar-refractivity contribution in [3.05, 3.63) is 34.2 Å². The van der Waals surface area contributed by atoms with Crippen molar-refractivity contribution >= 4 is 11.9 Å². The largest absolute Gasteiger partial charge is 0.481 e. The molecule has 1 heterocycles. The molecule has 0 bridgehead atoms. The van der Waals surface area contributed by atoms with Crippen LogP contribution in [0.25, 0.3) is 0 Å². The Hall–Kier alpha value is -2.11. The van der Waals surface area contributed by atoms with Gasteiger partial charge < -0.3 is 15.4 Å². The van der Waals surface area contributed by atoms with Crippen molar-refractivity contribution in [3.63, 3.8) is 0 Å². The lowest BCUT2D eigenvalue weighted by Crippen LogP contribution is -2.36. The highest BCUT2D eigenvalue weighted by Crippen LogP contribution is 2.09. The van der Waals surface area contributed by atoms with Crippen molar-refractivity contribution < 1.29 is 14.7 Å². The number of aliphatic carboxylic acids is 1. The van der Waals surface area contributed by atoms with E-state index in [2.05, 4.69) is 10.3 Å². The molecule has 0 aromatic carbocycles. The van der Waals surface area contributed by atoms with Gasteiger partial charge in [0.1, 0.15) is 5.69 Å². The van der Waals surface area contributed by atoms with Crippen LogP contribution in [-0.4, -0.2) is 28.5 Å². The quantitative estimate of drug-likeness (QED) is 0.709. The van der Waals surface area contributed by atoms with Crippen molar-refractivity contribution in [1.82, 2.24) is 10.3 Å². The summed E-state index contributed by atoms with van der Waals surface area (Å²) in [5.41, 5.74) is -0.253. The van der Waals surface area contributed by atoms with Crippen LogP contribution < -0.4 is 10.9 Å². The number of rotatable bonds is 5. The van der Waals surface area contributed by atoms with Gasteiger partial charge in [0.05, 0.1) is 5.92 Å². The second-order valence-electron chi connectivity index (χ2n) is 4.33. The lowest BCUT2D eigenvalue weighted by Gasteiger charge is -2.16. The molecule has 3 N–H and O–H groups in total. The second-order valence-corrected chi connectivity index (χ2v) is 4.33. The molecule has 6 heteroatoms. The molecule has 6 nitrogen and oxygen atoms in total. The van der Waals surface area contributed by atoms with Gasteiger partial charge in [-0.2, -0.15) is 0 Å². The summed E-state index contributed by atoms with van der Waals surface area (Å²) in [6.45, 7) is 3.58. The van der Waals surface area contributed by atoms with E-state index in [9.17, 15) is 14.4 Å². The Morgan fingerprint density at radius 3 is 2.56 bits per heavy atom. The lowest BCUT2D eigenvalue weighted by molar-refractivity contribution is -0.142. The van der Waals surface area contributed by atoms with Crippen molar-refractivity contribution in [2.45, 2.75) is 13.8 Å². The van der Waals surface area contributed by atoms with Crippen LogP contribution in [0.1, 0.15) is 24.3 Å². The molecule has 1 amide bonds. The molecule has 1 aromatic rings. The van der Waals surface area contributed by atoms with Crippen LogP contribution in [0.5, 0.6) is 0 Å². The number of aromatic nitrogens is 1. The summed E-state index contributed by atoms with van der Waals surface area (Å²) in [6.07, 6.45) is 0. The van der Waals surface area contributed by atoms with Crippen LogP contribution in [0.15, 0.2) is 23.0 Å². The van der Waals surface area contributed by atoms with Gasteiger partial charge in [-0.15, -0.1) is 0 Å². The van der Waals surface area contributed by atoms with E-state index < -0.39 is 17.8 Å². The van der Waals surface area contributed by atoms with Gasteiger partial charge in [-0.3, -0.25) is 14.4 Å². The number of nitrogens with one attached hydrogen (secondary N) is 2. The summed E-state index contributed by atoms with van der Waals surface area (Å²) < 4.78 is 0. The highest BCUT2D eigenvalue weighted by molar-refractivity contribution is 5.92. The first kappa shape index (κ1) is 14.0. The normalized spacial score (nSPS) is 12.2. The third-order valence-corrected chi connectivity index (χ3v) is 2.62. The number of carboxylic acid groups (broad SMARTS) is 1. The molecule has 1 rings (SSSR count). The molecule has 18 heavy (non-hydrogen) atoms. The molecule has 0 radical (unpaired) electrons. The van der Waals surface area contributed by atoms with E-state index in [1.807, 2.05) is 0 Å². The zero-order chi connectivity index (χ0) is 13.7. The van der Waals surface area contributed by atoms with Crippen LogP contribution >= 0.6 is 0 Å². The Kier molecular flexibility index (Phi) is 4.65. The maximum atomic E-state index is 11.7. The summed E-state index contributed by atoms with van der Waals surface area (Å²) in [7, 11) is 0. The summed E-state index contributed by atoms with van der Waals surface area (Å²) >= 11 is 0. The van der Waals surface area contributed by atoms with Crippen LogP contribution in [0, 0.1) is 11.8 Å². The number of H-pyrrole nitrogens is 1. The molecule has 1 aromatic heterocycles. The molecule has 0 saturated heterocycles. The number of carbonyl (C=O) groups is 2. The van der Waals surface area contributed by atoms with Gasteiger partial charge >= 0.3 is 5.97 Å². The maximum absolute atomic E-state index is 11.7. The highest BCUT2D eigenvalue weighted by atomic mass is 16.4. The molecule has 0 aliphatic carbocycles. The minimum absolute atomic E-state index is 0.0305. The first-order chi connectivity index (χ1) is 8.41. The van der Waals surface area contributed by atoms with Crippen LogP contribution in [0.4, 0.5) is 0 Å².